The van der Waals surface area contributed by atoms with Gasteiger partial charge in [-0.05, 0) is 42.0 Å². The van der Waals surface area contributed by atoms with E-state index in [0.717, 1.165) is 22.2 Å². The molecule has 0 saturated carbocycles. The summed E-state index contributed by atoms with van der Waals surface area (Å²) in [4.78, 5) is 23.3. The Labute approximate surface area is 135 Å². The molecule has 0 aliphatic heterocycles. The van der Waals surface area contributed by atoms with Crippen LogP contribution in [0.5, 0.6) is 0 Å². The molecule has 0 saturated heterocycles. The lowest BCUT2D eigenvalue weighted by Gasteiger charge is -2.15. The van der Waals surface area contributed by atoms with Gasteiger partial charge in [0.15, 0.2) is 0 Å². The van der Waals surface area contributed by atoms with Crippen LogP contribution in [-0.2, 0) is 11.2 Å². The average molecular weight is 366 g/mol. The summed E-state index contributed by atoms with van der Waals surface area (Å²) >= 11 is 3.31. The molecule has 0 aliphatic carbocycles. The van der Waals surface area contributed by atoms with Crippen LogP contribution in [0.15, 0.2) is 53.0 Å². The Morgan fingerprint density at radius 2 is 1.86 bits per heavy atom. The molecule has 0 heterocycles. The highest BCUT2D eigenvalue weighted by Crippen LogP contribution is 2.13. The van der Waals surface area contributed by atoms with Crippen molar-refractivity contribution < 1.29 is 19.1 Å². The number of nitrogens with one attached hydrogen (secondary N) is 1. The summed E-state index contributed by atoms with van der Waals surface area (Å²) in [5.41, 5.74) is 0.989. The minimum Gasteiger partial charge on any atom is -0.480 e. The molecular formula is C16H13BrFNO3. The van der Waals surface area contributed by atoms with E-state index in [4.69, 9.17) is 0 Å². The molecule has 0 radical (unpaired) electrons. The van der Waals surface area contributed by atoms with Crippen molar-refractivity contribution in [2.45, 2.75) is 12.5 Å². The zero-order valence-corrected chi connectivity index (χ0v) is 13.0. The number of amides is 1. The van der Waals surface area contributed by atoms with E-state index in [2.05, 4.69) is 21.2 Å². The van der Waals surface area contributed by atoms with E-state index in [0.29, 0.717) is 0 Å². The van der Waals surface area contributed by atoms with Gasteiger partial charge in [0, 0.05) is 16.5 Å². The zero-order valence-electron chi connectivity index (χ0n) is 11.4. The van der Waals surface area contributed by atoms with Crippen molar-refractivity contribution in [3.63, 3.8) is 0 Å². The Hall–Kier alpha value is -2.21. The van der Waals surface area contributed by atoms with E-state index in [-0.39, 0.29) is 12.0 Å². The Morgan fingerprint density at radius 1 is 1.18 bits per heavy atom. The van der Waals surface area contributed by atoms with Crippen molar-refractivity contribution in [1.82, 2.24) is 5.32 Å². The summed E-state index contributed by atoms with van der Waals surface area (Å²) in [5.74, 6) is -2.14. The van der Waals surface area contributed by atoms with Crippen LogP contribution in [0.1, 0.15) is 15.9 Å². The van der Waals surface area contributed by atoms with E-state index in [1.807, 2.05) is 6.07 Å². The number of hydrogen-bond acceptors (Lipinski definition) is 2. The van der Waals surface area contributed by atoms with Gasteiger partial charge in [-0.1, -0.05) is 28.1 Å². The van der Waals surface area contributed by atoms with Crippen molar-refractivity contribution >= 4 is 27.8 Å². The third-order valence-corrected chi connectivity index (χ3v) is 3.53. The first kappa shape index (κ1) is 16.2. The normalized spacial score (nSPS) is 11.7. The molecular weight excluding hydrogens is 353 g/mol. The van der Waals surface area contributed by atoms with Crippen LogP contribution in [0.4, 0.5) is 4.39 Å². The fourth-order valence-corrected chi connectivity index (χ4v) is 2.39. The van der Waals surface area contributed by atoms with Crippen molar-refractivity contribution in [3.8, 4) is 0 Å². The van der Waals surface area contributed by atoms with Gasteiger partial charge < -0.3 is 10.4 Å². The number of halogens is 2. The molecule has 2 rings (SSSR count). The third-order valence-electron chi connectivity index (χ3n) is 3.04. The van der Waals surface area contributed by atoms with Crippen LogP contribution in [0.2, 0.25) is 0 Å². The van der Waals surface area contributed by atoms with E-state index in [1.165, 1.54) is 12.1 Å². The van der Waals surface area contributed by atoms with E-state index in [9.17, 15) is 19.1 Å². The second-order valence-electron chi connectivity index (χ2n) is 4.71. The van der Waals surface area contributed by atoms with Crippen LogP contribution < -0.4 is 5.32 Å². The molecule has 22 heavy (non-hydrogen) atoms. The quantitative estimate of drug-likeness (QED) is 0.855. The number of carbonyl (C=O) groups excluding carboxylic acids is 1. The van der Waals surface area contributed by atoms with Crippen LogP contribution in [0.3, 0.4) is 0 Å². The Bertz CT molecular complexity index is 688. The number of benzene rings is 2. The van der Waals surface area contributed by atoms with Crippen LogP contribution in [-0.4, -0.2) is 23.0 Å². The minimum absolute atomic E-state index is 0.154. The second kappa shape index (κ2) is 7.17. The largest absolute Gasteiger partial charge is 0.480 e. The maximum atomic E-state index is 12.8. The maximum absolute atomic E-state index is 12.8. The number of aliphatic carboxylic acids is 1. The number of rotatable bonds is 5. The van der Waals surface area contributed by atoms with Gasteiger partial charge in [0.1, 0.15) is 11.9 Å². The monoisotopic (exact) mass is 365 g/mol. The molecule has 2 N–H and O–H groups in total. The summed E-state index contributed by atoms with van der Waals surface area (Å²) in [6.07, 6.45) is 0.154. The summed E-state index contributed by atoms with van der Waals surface area (Å²) < 4.78 is 13.7. The summed E-state index contributed by atoms with van der Waals surface area (Å²) in [6, 6.07) is 11.1. The van der Waals surface area contributed by atoms with Gasteiger partial charge >= 0.3 is 5.97 Å². The second-order valence-corrected chi connectivity index (χ2v) is 5.62. The van der Waals surface area contributed by atoms with E-state index < -0.39 is 23.7 Å². The smallest absolute Gasteiger partial charge is 0.326 e. The van der Waals surface area contributed by atoms with E-state index in [1.54, 1.807) is 18.2 Å². The summed E-state index contributed by atoms with van der Waals surface area (Å²) in [7, 11) is 0. The molecule has 1 atom stereocenters. The van der Waals surface area contributed by atoms with Gasteiger partial charge in [-0.15, -0.1) is 0 Å². The topological polar surface area (TPSA) is 66.4 Å². The first-order valence-corrected chi connectivity index (χ1v) is 7.28. The lowest BCUT2D eigenvalue weighted by atomic mass is 10.1. The standard InChI is InChI=1S/C16H13BrFNO3/c17-12-3-1-2-10(8-12)9-14(16(21)22)19-15(20)11-4-6-13(18)7-5-11/h1-8,14H,9H2,(H,19,20)(H,21,22)/t14-/m1/s1. The van der Waals surface area contributed by atoms with Gasteiger partial charge in [-0.3, -0.25) is 4.79 Å². The van der Waals surface area contributed by atoms with Gasteiger partial charge in [0.25, 0.3) is 5.91 Å². The van der Waals surface area contributed by atoms with Crippen molar-refractivity contribution in [1.29, 1.82) is 0 Å². The van der Waals surface area contributed by atoms with Crippen LogP contribution in [0.25, 0.3) is 0 Å². The Balaban J connectivity index is 2.10. The first-order valence-electron chi connectivity index (χ1n) is 6.49. The lowest BCUT2D eigenvalue weighted by molar-refractivity contribution is -0.139. The molecule has 0 bridgehead atoms. The Morgan fingerprint density at radius 3 is 2.45 bits per heavy atom. The highest BCUT2D eigenvalue weighted by atomic mass is 79.9. The maximum Gasteiger partial charge on any atom is 0.326 e. The highest BCUT2D eigenvalue weighted by Gasteiger charge is 2.21. The molecule has 2 aromatic carbocycles. The first-order chi connectivity index (χ1) is 10.5. The molecule has 0 spiro atoms. The summed E-state index contributed by atoms with van der Waals surface area (Å²) in [5, 5.41) is 11.7. The number of carbonyl (C=O) groups is 2. The Kier molecular flexibility index (Phi) is 5.27. The number of carboxylic acids is 1. The van der Waals surface area contributed by atoms with Crippen LogP contribution in [0, 0.1) is 5.82 Å². The van der Waals surface area contributed by atoms with E-state index >= 15 is 0 Å². The molecule has 0 aliphatic rings. The molecule has 4 nitrogen and oxygen atoms in total. The third kappa shape index (κ3) is 4.39. The predicted octanol–water partition coefficient (Wildman–Crippen LogP) is 3.01. The van der Waals surface area contributed by atoms with Gasteiger partial charge in [0.05, 0.1) is 0 Å². The SMILES string of the molecule is O=C(N[C@H](Cc1cccc(Br)c1)C(=O)O)c1ccc(F)cc1. The summed E-state index contributed by atoms with van der Waals surface area (Å²) in [6.45, 7) is 0. The van der Waals surface area contributed by atoms with Crippen molar-refractivity contribution in [2.75, 3.05) is 0 Å². The van der Waals surface area contributed by atoms with Crippen molar-refractivity contribution in [2.24, 2.45) is 0 Å². The molecule has 6 heteroatoms. The fourth-order valence-electron chi connectivity index (χ4n) is 1.94. The molecule has 0 aromatic heterocycles. The molecule has 2 aromatic rings. The number of hydrogen-bond donors (Lipinski definition) is 2. The minimum atomic E-state index is -1.13. The van der Waals surface area contributed by atoms with Gasteiger partial charge in [-0.2, -0.15) is 0 Å². The molecule has 0 fully saturated rings. The fraction of sp³-hybridized carbons (Fsp3) is 0.125. The highest BCUT2D eigenvalue weighted by molar-refractivity contribution is 9.10. The van der Waals surface area contributed by atoms with Crippen LogP contribution >= 0.6 is 15.9 Å². The number of carboxylic acid groups (broad SMARTS) is 1. The zero-order chi connectivity index (χ0) is 16.1. The lowest BCUT2D eigenvalue weighted by Crippen LogP contribution is -2.42. The van der Waals surface area contributed by atoms with Gasteiger partial charge in [0.2, 0.25) is 0 Å². The molecule has 0 unspecified atom stereocenters. The van der Waals surface area contributed by atoms with Gasteiger partial charge in [-0.25, -0.2) is 9.18 Å². The molecule has 1 amide bonds. The average Bonchev–Trinajstić information content (AvgIpc) is 2.47. The van der Waals surface area contributed by atoms with Crippen molar-refractivity contribution in [3.05, 3.63) is 69.9 Å². The predicted molar refractivity (Wildman–Crippen MR) is 83.1 cm³/mol. The molecule has 114 valence electrons.